The Morgan fingerprint density at radius 1 is 1.08 bits per heavy atom. The minimum absolute atomic E-state index is 0.650. The predicted octanol–water partition coefficient (Wildman–Crippen LogP) is 5.31. The minimum atomic E-state index is 0.650. The van der Waals surface area contributed by atoms with Crippen LogP contribution in [0.15, 0.2) is 41.8 Å². The highest BCUT2D eigenvalue weighted by Crippen LogP contribution is 2.46. The molecule has 1 saturated heterocycles. The number of hydrogen-bond acceptors (Lipinski definition) is 2. The average molecular weight is 337 g/mol. The molecule has 0 amide bonds. The molecule has 5 rings (SSSR count). The molecular weight excluding hydrogens is 312 g/mol. The number of thiophene rings is 1. The number of H-pyrrole nitrogens is 1. The number of para-hydroxylation sites is 1. The molecule has 4 heterocycles. The molecule has 24 heavy (non-hydrogen) atoms. The summed E-state index contributed by atoms with van der Waals surface area (Å²) in [7, 11) is 0. The van der Waals surface area contributed by atoms with Crippen molar-refractivity contribution in [1.29, 1.82) is 0 Å². The van der Waals surface area contributed by atoms with Gasteiger partial charge >= 0.3 is 0 Å². The lowest BCUT2D eigenvalue weighted by molar-refractivity contribution is 0.174. The molecule has 0 saturated carbocycles. The molecule has 124 valence electrons. The molecule has 0 spiro atoms. The quantitative estimate of drug-likeness (QED) is 0.625. The van der Waals surface area contributed by atoms with Crippen LogP contribution < -0.4 is 0 Å². The molecule has 1 N–H and O–H groups in total. The molecule has 2 aliphatic rings. The summed E-state index contributed by atoms with van der Waals surface area (Å²) in [6.07, 6.45) is 7.81. The van der Waals surface area contributed by atoms with Gasteiger partial charge in [-0.1, -0.05) is 24.3 Å². The molecule has 2 nitrogen and oxygen atoms in total. The maximum absolute atomic E-state index is 3.70. The summed E-state index contributed by atoms with van der Waals surface area (Å²) in [5.74, 6) is 0. The van der Waals surface area contributed by atoms with Crippen LogP contribution in [-0.4, -0.2) is 22.5 Å². The molecule has 1 fully saturated rings. The first-order chi connectivity index (χ1) is 11.9. The van der Waals surface area contributed by atoms with Gasteiger partial charge in [0, 0.05) is 40.0 Å². The lowest BCUT2D eigenvalue weighted by Gasteiger charge is -2.35. The van der Waals surface area contributed by atoms with E-state index in [4.69, 9.17) is 0 Å². The Kier molecular flexibility index (Phi) is 3.72. The second-order valence-corrected chi connectivity index (χ2v) is 8.32. The zero-order chi connectivity index (χ0) is 15.9. The van der Waals surface area contributed by atoms with Crippen molar-refractivity contribution in [3.05, 3.63) is 57.9 Å². The molecule has 2 bridgehead atoms. The summed E-state index contributed by atoms with van der Waals surface area (Å²) in [5.41, 5.74) is 4.45. The Morgan fingerprint density at radius 3 is 2.96 bits per heavy atom. The lowest BCUT2D eigenvalue weighted by atomic mass is 9.96. The zero-order valence-corrected chi connectivity index (χ0v) is 14.8. The molecule has 2 aromatic heterocycles. The van der Waals surface area contributed by atoms with Gasteiger partial charge in [-0.25, -0.2) is 0 Å². The fourth-order valence-electron chi connectivity index (χ4n) is 4.85. The highest BCUT2D eigenvalue weighted by atomic mass is 32.1. The van der Waals surface area contributed by atoms with Crippen molar-refractivity contribution in [3.8, 4) is 0 Å². The van der Waals surface area contributed by atoms with Crippen molar-refractivity contribution in [2.24, 2.45) is 0 Å². The molecule has 2 aliphatic heterocycles. The Labute approximate surface area is 147 Å². The third kappa shape index (κ3) is 2.42. The molecule has 0 aliphatic carbocycles. The Bertz CT molecular complexity index is 833. The third-order valence-electron chi connectivity index (χ3n) is 5.91. The van der Waals surface area contributed by atoms with Gasteiger partial charge in [0.05, 0.1) is 0 Å². The number of aromatic amines is 1. The monoisotopic (exact) mass is 336 g/mol. The van der Waals surface area contributed by atoms with Gasteiger partial charge in [0.15, 0.2) is 0 Å². The molecule has 2 unspecified atom stereocenters. The molecule has 3 heteroatoms. The Morgan fingerprint density at radius 2 is 2.04 bits per heavy atom. The number of benzene rings is 1. The Hall–Kier alpha value is -1.58. The van der Waals surface area contributed by atoms with E-state index in [9.17, 15) is 0 Å². The molecular formula is C21H24N2S. The number of unbranched alkanes of at least 4 members (excludes halogenated alkanes) is 1. The Balaban J connectivity index is 1.32. The van der Waals surface area contributed by atoms with E-state index in [2.05, 4.69) is 51.7 Å². The fourth-order valence-corrected chi connectivity index (χ4v) is 5.60. The summed E-state index contributed by atoms with van der Waals surface area (Å²) in [4.78, 5) is 8.05. The van der Waals surface area contributed by atoms with E-state index in [0.29, 0.717) is 6.04 Å². The smallest absolute Gasteiger partial charge is 0.0459 e. The lowest BCUT2D eigenvalue weighted by Crippen LogP contribution is -2.37. The topological polar surface area (TPSA) is 19.0 Å². The second kappa shape index (κ2) is 6.05. The summed E-state index contributed by atoms with van der Waals surface area (Å²) in [6, 6.07) is 14.7. The van der Waals surface area contributed by atoms with E-state index in [1.54, 1.807) is 5.56 Å². The van der Waals surface area contributed by atoms with E-state index in [1.807, 2.05) is 11.3 Å². The van der Waals surface area contributed by atoms with Crippen LogP contribution in [0.2, 0.25) is 0 Å². The zero-order valence-electron chi connectivity index (χ0n) is 14.0. The van der Waals surface area contributed by atoms with E-state index in [-0.39, 0.29) is 0 Å². The first-order valence-electron chi connectivity index (χ1n) is 9.28. The summed E-state index contributed by atoms with van der Waals surface area (Å²) in [5, 5.41) is 3.65. The van der Waals surface area contributed by atoms with Gasteiger partial charge in [0.1, 0.15) is 0 Å². The SMILES string of the molecule is c1csc(CCCCN2C3CCC2c2c([nH]c4ccccc24)C3)c1. The van der Waals surface area contributed by atoms with Crippen LogP contribution in [-0.2, 0) is 12.8 Å². The normalized spacial score (nSPS) is 23.0. The highest BCUT2D eigenvalue weighted by molar-refractivity contribution is 7.09. The fraction of sp³-hybridized carbons (Fsp3) is 0.429. The molecule has 0 radical (unpaired) electrons. The molecule has 2 atom stereocenters. The van der Waals surface area contributed by atoms with Gasteiger partial charge in [0.25, 0.3) is 0 Å². The van der Waals surface area contributed by atoms with Crippen molar-refractivity contribution in [2.45, 2.75) is 50.6 Å². The van der Waals surface area contributed by atoms with Crippen molar-refractivity contribution >= 4 is 22.2 Å². The van der Waals surface area contributed by atoms with Crippen LogP contribution in [0, 0.1) is 0 Å². The maximum Gasteiger partial charge on any atom is 0.0459 e. The van der Waals surface area contributed by atoms with Gasteiger partial charge < -0.3 is 4.98 Å². The van der Waals surface area contributed by atoms with Crippen LogP contribution in [0.25, 0.3) is 10.9 Å². The number of rotatable bonds is 5. The van der Waals surface area contributed by atoms with Gasteiger partial charge in [-0.2, -0.15) is 0 Å². The standard InChI is InChI=1S/C21H24N2S/c1-2-9-18-17(8-1)21-19(22-18)14-15-10-11-20(21)23(15)12-4-3-6-16-7-5-13-24-16/h1-2,5,7-9,13,15,20,22H,3-4,6,10-12,14H2. The highest BCUT2D eigenvalue weighted by Gasteiger charge is 2.41. The van der Waals surface area contributed by atoms with Gasteiger partial charge in [-0.3, -0.25) is 4.90 Å². The minimum Gasteiger partial charge on any atom is -0.358 e. The van der Waals surface area contributed by atoms with Gasteiger partial charge in [-0.05, 0) is 61.7 Å². The number of nitrogens with one attached hydrogen (secondary N) is 1. The van der Waals surface area contributed by atoms with E-state index in [0.717, 1.165) is 6.04 Å². The van der Waals surface area contributed by atoms with Crippen LogP contribution in [0.5, 0.6) is 0 Å². The van der Waals surface area contributed by atoms with Crippen LogP contribution in [0.3, 0.4) is 0 Å². The number of aryl methyl sites for hydroxylation is 1. The van der Waals surface area contributed by atoms with Crippen LogP contribution in [0.4, 0.5) is 0 Å². The van der Waals surface area contributed by atoms with Crippen LogP contribution in [0.1, 0.15) is 47.9 Å². The van der Waals surface area contributed by atoms with Crippen molar-refractivity contribution < 1.29 is 0 Å². The van der Waals surface area contributed by atoms with Gasteiger partial charge in [-0.15, -0.1) is 11.3 Å². The first kappa shape index (κ1) is 14.7. The maximum atomic E-state index is 3.70. The number of fused-ring (bicyclic) bond motifs is 6. The van der Waals surface area contributed by atoms with E-state index >= 15 is 0 Å². The van der Waals surface area contributed by atoms with E-state index < -0.39 is 0 Å². The molecule has 3 aromatic rings. The number of aromatic nitrogens is 1. The average Bonchev–Trinajstić information content (AvgIpc) is 3.30. The van der Waals surface area contributed by atoms with E-state index in [1.165, 1.54) is 66.5 Å². The van der Waals surface area contributed by atoms with Crippen molar-refractivity contribution in [1.82, 2.24) is 9.88 Å². The molecule has 1 aromatic carbocycles. The van der Waals surface area contributed by atoms with Crippen molar-refractivity contribution in [3.63, 3.8) is 0 Å². The largest absolute Gasteiger partial charge is 0.358 e. The summed E-state index contributed by atoms with van der Waals surface area (Å²) < 4.78 is 0. The van der Waals surface area contributed by atoms with Crippen molar-refractivity contribution in [2.75, 3.05) is 6.54 Å². The first-order valence-corrected chi connectivity index (χ1v) is 10.2. The third-order valence-corrected chi connectivity index (χ3v) is 6.85. The summed E-state index contributed by atoms with van der Waals surface area (Å²) in [6.45, 7) is 1.26. The van der Waals surface area contributed by atoms with Gasteiger partial charge in [0.2, 0.25) is 0 Å². The predicted molar refractivity (Wildman–Crippen MR) is 102 cm³/mol. The second-order valence-electron chi connectivity index (χ2n) is 7.29. The number of nitrogens with zero attached hydrogens (tertiary/aromatic N) is 1. The number of hydrogen-bond donors (Lipinski definition) is 1. The van der Waals surface area contributed by atoms with Crippen LogP contribution >= 0.6 is 11.3 Å². The summed E-state index contributed by atoms with van der Waals surface area (Å²) >= 11 is 1.90.